The van der Waals surface area contributed by atoms with Crippen LogP contribution < -0.4 is 0 Å². The Morgan fingerprint density at radius 3 is 2.51 bits per heavy atom. The maximum atomic E-state index is 13.9. The number of carbonyl (C=O) groups excluding carboxylic acids is 5. The standard InChI is InChI=1S/C57H73NO13S/c1-29(2)56-48(70-56)49-57(71-49)54(6)21-19-36-37(27-66-51(36)65)47(54)42-26-55(57,69-42)52(56)68-45(62)10-8-22-58-44(61)25-43(50(58)64)72-28-46(63)67-41(33-13-14-33)18-11-30(3)38-16-17-39-32(9-7-20-53(38,39)5)12-15-34-23-35(59)24-40(60)31(34)4/h11-12,15,18,29-30,33,35,38-43,47-49,52,59-60H,4,7-10,13-14,16-17,19-28H2,1-3,5-6H3/b18-11+,32-12+,34-15-/t30-,35+,38?,39?,40-,41?,42?,43?,47+,48-,49-,52-,53+,54-,55+,56-,57+/m0/s1. The van der Waals surface area contributed by atoms with E-state index < -0.39 is 52.3 Å². The summed E-state index contributed by atoms with van der Waals surface area (Å²) in [4.78, 5) is 67.9. The van der Waals surface area contributed by atoms with Crippen LogP contribution in [0.1, 0.15) is 131 Å². The number of aliphatic hydroxyl groups excluding tert-OH is 2. The van der Waals surface area contributed by atoms with Crippen LogP contribution in [0.25, 0.3) is 0 Å². The van der Waals surface area contributed by atoms with Gasteiger partial charge in [-0.3, -0.25) is 24.1 Å². The van der Waals surface area contributed by atoms with Gasteiger partial charge in [0.05, 0.1) is 29.3 Å². The minimum atomic E-state index is -0.886. The fourth-order valence-electron chi connectivity index (χ4n) is 16.7. The zero-order chi connectivity index (χ0) is 50.4. The van der Waals surface area contributed by atoms with E-state index in [9.17, 15) is 34.2 Å². The minimum absolute atomic E-state index is 0.00962. The molecule has 390 valence electrons. The molecule has 6 saturated carbocycles. The fourth-order valence-corrected chi connectivity index (χ4v) is 17.7. The summed E-state index contributed by atoms with van der Waals surface area (Å²) in [5.74, 6) is -0.289. The Hall–Kier alpha value is -3.60. The second-order valence-electron chi connectivity index (χ2n) is 24.6. The molecule has 0 radical (unpaired) electrons. The van der Waals surface area contributed by atoms with E-state index in [0.717, 1.165) is 79.8 Å². The molecule has 11 fully saturated rings. The zero-order valence-corrected chi connectivity index (χ0v) is 43.4. The Balaban J connectivity index is 0.627. The normalized spacial score (nSPS) is 45.2. The fraction of sp³-hybridized carbons (Fsp3) is 0.737. The predicted octanol–water partition coefficient (Wildman–Crippen LogP) is 6.95. The van der Waals surface area contributed by atoms with Crippen molar-refractivity contribution in [2.45, 2.75) is 196 Å². The molecule has 2 spiro atoms. The third-order valence-electron chi connectivity index (χ3n) is 20.6. The van der Waals surface area contributed by atoms with Gasteiger partial charge in [-0.25, -0.2) is 4.79 Å². The molecule has 2 bridgehead atoms. The lowest BCUT2D eigenvalue weighted by Gasteiger charge is -2.70. The van der Waals surface area contributed by atoms with Gasteiger partial charge >= 0.3 is 17.9 Å². The Morgan fingerprint density at radius 2 is 1.75 bits per heavy atom. The van der Waals surface area contributed by atoms with Crippen molar-refractivity contribution >= 4 is 41.5 Å². The van der Waals surface area contributed by atoms with Crippen molar-refractivity contribution in [2.75, 3.05) is 18.9 Å². The van der Waals surface area contributed by atoms with Gasteiger partial charge in [-0.2, -0.15) is 0 Å². The van der Waals surface area contributed by atoms with Crippen molar-refractivity contribution in [1.82, 2.24) is 4.90 Å². The smallest absolute Gasteiger partial charge is 0.334 e. The average Bonchev–Trinajstić information content (AvgIpc) is 4.27. The SMILES string of the molecule is C=C1/C(=C\C=C2/CCC[C@@]3(C)C2CCC3[C@@H](C)/C=C/C(OC(=O)CSC2CC(=O)N(CCCC(=O)O[C@@H]3[C@@]4(C(C)C)O[C@H]4[C@@H]4O[C@@]45[C@@]4(C)CCC6=C(COC6=O)[C@@H]4C4C[C@@]35O4)C2=O)C2CC2)C[C@@H](O)C[C@@H]1O. The largest absolute Gasteiger partial charge is 0.458 e. The van der Waals surface area contributed by atoms with Crippen molar-refractivity contribution in [1.29, 1.82) is 0 Å². The summed E-state index contributed by atoms with van der Waals surface area (Å²) < 4.78 is 38.4. The monoisotopic (exact) mass is 1010 g/mol. The number of rotatable bonds is 15. The number of likely N-dealkylation sites (tertiary alicyclic amines) is 1. The summed E-state index contributed by atoms with van der Waals surface area (Å²) in [6.07, 6.45) is 16.4. The Kier molecular flexibility index (Phi) is 12.0. The van der Waals surface area contributed by atoms with E-state index in [1.165, 1.54) is 10.5 Å². The molecule has 0 aromatic heterocycles. The van der Waals surface area contributed by atoms with E-state index >= 15 is 0 Å². The lowest BCUT2D eigenvalue weighted by molar-refractivity contribution is -0.367. The third kappa shape index (κ3) is 7.29. The van der Waals surface area contributed by atoms with E-state index in [4.69, 9.17) is 28.4 Å². The van der Waals surface area contributed by atoms with E-state index in [-0.39, 0.29) is 115 Å². The van der Waals surface area contributed by atoms with Crippen molar-refractivity contribution in [3.8, 4) is 0 Å². The first-order valence-corrected chi connectivity index (χ1v) is 28.3. The molecule has 2 amide bonds. The van der Waals surface area contributed by atoms with Gasteiger partial charge in [0.1, 0.15) is 41.7 Å². The summed E-state index contributed by atoms with van der Waals surface area (Å²) in [6.45, 7) is 15.6. The molecular formula is C57H73NO13S. The molecule has 6 aliphatic heterocycles. The van der Waals surface area contributed by atoms with Gasteiger partial charge in [-0.15, -0.1) is 11.8 Å². The number of ether oxygens (including phenoxy) is 6. The van der Waals surface area contributed by atoms with Crippen LogP contribution in [-0.4, -0.2) is 129 Å². The van der Waals surface area contributed by atoms with Crippen LogP contribution in [0, 0.1) is 46.3 Å². The number of aliphatic hydroxyl groups is 2. The maximum absolute atomic E-state index is 13.9. The molecule has 5 saturated heterocycles. The van der Waals surface area contributed by atoms with E-state index in [1.807, 2.05) is 0 Å². The summed E-state index contributed by atoms with van der Waals surface area (Å²) in [7, 11) is 0. The van der Waals surface area contributed by atoms with E-state index in [2.05, 4.69) is 65.5 Å². The van der Waals surface area contributed by atoms with Gasteiger partial charge in [0.15, 0.2) is 6.10 Å². The molecule has 14 nitrogen and oxygen atoms in total. The number of cyclic esters (lactones) is 1. The number of hydrogen-bond donors (Lipinski definition) is 2. The summed E-state index contributed by atoms with van der Waals surface area (Å²) in [6, 6.07) is 0. The lowest BCUT2D eigenvalue weighted by atomic mass is 9.42. The first-order chi connectivity index (χ1) is 34.4. The van der Waals surface area contributed by atoms with Gasteiger partial charge in [0.2, 0.25) is 11.8 Å². The number of carbonyl (C=O) groups is 5. The predicted molar refractivity (Wildman–Crippen MR) is 263 cm³/mol. The molecule has 0 aromatic rings. The molecule has 0 aromatic carbocycles. The highest BCUT2D eigenvalue weighted by Gasteiger charge is 2.99. The van der Waals surface area contributed by atoms with Crippen LogP contribution in [0.3, 0.4) is 0 Å². The van der Waals surface area contributed by atoms with E-state index in [1.54, 1.807) is 0 Å². The highest BCUT2D eigenvalue weighted by molar-refractivity contribution is 8.01. The van der Waals surface area contributed by atoms with Gasteiger partial charge < -0.3 is 38.6 Å². The summed E-state index contributed by atoms with van der Waals surface area (Å²) in [5, 5.41) is 19.9. The second kappa shape index (κ2) is 17.5. The van der Waals surface area contributed by atoms with Crippen LogP contribution in [0.5, 0.6) is 0 Å². The maximum Gasteiger partial charge on any atom is 0.334 e. The van der Waals surface area contributed by atoms with Gasteiger partial charge in [-0.1, -0.05) is 65.0 Å². The summed E-state index contributed by atoms with van der Waals surface area (Å²) >= 11 is 1.15. The van der Waals surface area contributed by atoms with Gasteiger partial charge in [-0.05, 0) is 128 Å². The molecule has 17 atom stereocenters. The van der Waals surface area contributed by atoms with E-state index in [0.29, 0.717) is 43.1 Å². The van der Waals surface area contributed by atoms with Crippen molar-refractivity contribution in [2.24, 2.45) is 46.3 Å². The molecule has 13 aliphatic rings. The Bertz CT molecular complexity index is 2490. The average molecular weight is 1010 g/mol. The van der Waals surface area contributed by atoms with Crippen LogP contribution in [0.4, 0.5) is 0 Å². The number of nitrogens with zero attached hydrogens (tertiary/aromatic N) is 1. The molecule has 5 unspecified atom stereocenters. The lowest BCUT2D eigenvalue weighted by Crippen LogP contribution is -2.84. The zero-order valence-electron chi connectivity index (χ0n) is 42.6. The highest BCUT2D eigenvalue weighted by atomic mass is 32.2. The molecule has 2 N–H and O–H groups in total. The van der Waals surface area contributed by atoms with Crippen LogP contribution in [0.15, 0.2) is 58.7 Å². The van der Waals surface area contributed by atoms with Crippen molar-refractivity contribution < 1.29 is 62.6 Å². The quantitative estimate of drug-likeness (QED) is 0.0563. The number of epoxide rings is 2. The van der Waals surface area contributed by atoms with Crippen LogP contribution >= 0.6 is 11.8 Å². The molecule has 6 heterocycles. The van der Waals surface area contributed by atoms with Crippen molar-refractivity contribution in [3.63, 3.8) is 0 Å². The number of hydrogen-bond acceptors (Lipinski definition) is 14. The number of esters is 3. The van der Waals surface area contributed by atoms with Gasteiger partial charge in [0, 0.05) is 49.1 Å². The molecule has 13 rings (SSSR count). The first kappa shape index (κ1) is 49.3. The number of imide groups is 1. The number of allylic oxidation sites excluding steroid dienone is 4. The Morgan fingerprint density at radius 1 is 0.958 bits per heavy atom. The second-order valence-corrected chi connectivity index (χ2v) is 25.8. The number of amides is 2. The van der Waals surface area contributed by atoms with Gasteiger partial charge in [0.25, 0.3) is 0 Å². The number of fused-ring (bicyclic) bond motifs is 3. The topological polar surface area (TPSA) is 191 Å². The number of thioether (sulfide) groups is 1. The third-order valence-corrected chi connectivity index (χ3v) is 21.7. The molecule has 15 heteroatoms. The molecule has 7 aliphatic carbocycles. The minimum Gasteiger partial charge on any atom is -0.458 e. The highest BCUT2D eigenvalue weighted by Crippen LogP contribution is 2.82. The molecular weight excluding hydrogens is 939 g/mol. The molecule has 72 heavy (non-hydrogen) atoms. The van der Waals surface area contributed by atoms with Crippen LogP contribution in [-0.2, 0) is 52.4 Å². The van der Waals surface area contributed by atoms with Crippen molar-refractivity contribution in [3.05, 3.63) is 58.7 Å². The van der Waals surface area contributed by atoms with Crippen LogP contribution in [0.2, 0.25) is 0 Å². The first-order valence-electron chi connectivity index (χ1n) is 27.3. The summed E-state index contributed by atoms with van der Waals surface area (Å²) in [5.41, 5.74) is 2.34. The Labute approximate surface area is 427 Å².